The van der Waals surface area contributed by atoms with E-state index in [-0.39, 0.29) is 17.4 Å². The summed E-state index contributed by atoms with van der Waals surface area (Å²) in [4.78, 5) is 14.5. The molecule has 2 rings (SSSR count). The zero-order valence-corrected chi connectivity index (χ0v) is 15.7. The second-order valence-electron chi connectivity index (χ2n) is 7.86. The Balaban J connectivity index is 1.66. The maximum atomic E-state index is 12.3. The quantitative estimate of drug-likeness (QED) is 0.793. The summed E-state index contributed by atoms with van der Waals surface area (Å²) >= 11 is 0. The summed E-state index contributed by atoms with van der Waals surface area (Å²) in [5, 5.41) is 13.1. The number of hydrogen-bond acceptors (Lipinski definition) is 4. The van der Waals surface area contributed by atoms with Crippen molar-refractivity contribution in [1.29, 1.82) is 0 Å². The van der Waals surface area contributed by atoms with Crippen LogP contribution in [0.4, 0.5) is 0 Å². The number of nitrogens with zero attached hydrogens (tertiary/aromatic N) is 1. The number of hydrogen-bond donors (Lipinski definition) is 2. The Bertz CT molecular complexity index is 519. The normalized spacial score (nSPS) is 18.1. The van der Waals surface area contributed by atoms with E-state index in [4.69, 9.17) is 4.74 Å². The van der Waals surface area contributed by atoms with Gasteiger partial charge >= 0.3 is 0 Å². The Hall–Kier alpha value is -1.43. The summed E-state index contributed by atoms with van der Waals surface area (Å²) in [6.07, 6.45) is 1.20. The van der Waals surface area contributed by atoms with Gasteiger partial charge in [-0.2, -0.15) is 0 Å². The molecule has 1 aromatic rings. The fraction of sp³-hybridized carbons (Fsp3) is 0.650. The molecule has 0 spiro atoms. The zero-order chi connectivity index (χ0) is 18.3. The molecule has 2 N–H and O–H groups in total. The first-order valence-electron chi connectivity index (χ1n) is 9.19. The lowest BCUT2D eigenvalue weighted by molar-refractivity contribution is -0.126. The van der Waals surface area contributed by atoms with Crippen molar-refractivity contribution in [3.63, 3.8) is 0 Å². The fourth-order valence-corrected chi connectivity index (χ4v) is 3.00. The number of piperidine rings is 1. The molecule has 1 aliphatic heterocycles. The molecular formula is C20H32N2O3. The average molecular weight is 348 g/mol. The Morgan fingerprint density at radius 3 is 2.52 bits per heavy atom. The maximum Gasteiger partial charge on any atom is 0.223 e. The second kappa shape index (κ2) is 9.32. The summed E-state index contributed by atoms with van der Waals surface area (Å²) in [5.41, 5.74) is 0.889. The Morgan fingerprint density at radius 2 is 1.92 bits per heavy atom. The SMILES string of the molecule is CC(C)(C)OCC(O)CN1CCC(C(=O)NCc2ccccc2)CC1. The van der Waals surface area contributed by atoms with Crippen molar-refractivity contribution in [3.8, 4) is 0 Å². The third-order valence-corrected chi connectivity index (χ3v) is 4.45. The molecule has 1 heterocycles. The molecule has 1 amide bonds. The molecule has 0 aromatic heterocycles. The van der Waals surface area contributed by atoms with Crippen LogP contribution in [0.5, 0.6) is 0 Å². The van der Waals surface area contributed by atoms with E-state index in [1.165, 1.54) is 0 Å². The minimum atomic E-state index is -0.484. The van der Waals surface area contributed by atoms with E-state index < -0.39 is 6.10 Å². The number of rotatable bonds is 7. The molecule has 0 bridgehead atoms. The first-order chi connectivity index (χ1) is 11.8. The predicted octanol–water partition coefficient (Wildman–Crippen LogP) is 2.19. The molecular weight excluding hydrogens is 316 g/mol. The molecule has 0 radical (unpaired) electrons. The van der Waals surface area contributed by atoms with Gasteiger partial charge in [-0.05, 0) is 52.3 Å². The standard InChI is InChI=1S/C20H32N2O3/c1-20(2,3)25-15-18(23)14-22-11-9-17(10-12-22)19(24)21-13-16-7-5-4-6-8-16/h4-8,17-18,23H,9-15H2,1-3H3,(H,21,24). The van der Waals surface area contributed by atoms with E-state index in [0.717, 1.165) is 31.5 Å². The number of aliphatic hydroxyl groups excluding tert-OH is 1. The van der Waals surface area contributed by atoms with Gasteiger partial charge in [-0.15, -0.1) is 0 Å². The molecule has 5 nitrogen and oxygen atoms in total. The van der Waals surface area contributed by atoms with Gasteiger partial charge in [0.05, 0.1) is 18.3 Å². The van der Waals surface area contributed by atoms with Crippen LogP contribution in [0.3, 0.4) is 0 Å². The monoisotopic (exact) mass is 348 g/mol. The molecule has 5 heteroatoms. The lowest BCUT2D eigenvalue weighted by Crippen LogP contribution is -2.44. The third-order valence-electron chi connectivity index (χ3n) is 4.45. The molecule has 1 aromatic carbocycles. The first kappa shape index (κ1) is 19.9. The summed E-state index contributed by atoms with van der Waals surface area (Å²) in [6, 6.07) is 9.97. The van der Waals surface area contributed by atoms with E-state index in [1.807, 2.05) is 51.1 Å². The number of likely N-dealkylation sites (tertiary alicyclic amines) is 1. The van der Waals surface area contributed by atoms with Crippen LogP contribution >= 0.6 is 0 Å². The van der Waals surface area contributed by atoms with Crippen LogP contribution in [0.2, 0.25) is 0 Å². The number of nitrogens with one attached hydrogen (secondary N) is 1. The van der Waals surface area contributed by atoms with Crippen LogP contribution in [0, 0.1) is 5.92 Å². The molecule has 1 atom stereocenters. The first-order valence-corrected chi connectivity index (χ1v) is 9.19. The Kier molecular flexibility index (Phi) is 7.41. The molecule has 1 saturated heterocycles. The van der Waals surface area contributed by atoms with Gasteiger partial charge in [0.25, 0.3) is 0 Å². The van der Waals surface area contributed by atoms with Gasteiger partial charge in [-0.25, -0.2) is 0 Å². The highest BCUT2D eigenvalue weighted by Crippen LogP contribution is 2.18. The summed E-state index contributed by atoms with van der Waals surface area (Å²) in [6.45, 7) is 9.18. The van der Waals surface area contributed by atoms with Crippen LogP contribution < -0.4 is 5.32 Å². The third kappa shape index (κ3) is 7.55. The topological polar surface area (TPSA) is 61.8 Å². The van der Waals surface area contributed by atoms with Crippen LogP contribution in [0.15, 0.2) is 30.3 Å². The molecule has 25 heavy (non-hydrogen) atoms. The van der Waals surface area contributed by atoms with E-state index >= 15 is 0 Å². The smallest absolute Gasteiger partial charge is 0.223 e. The second-order valence-corrected chi connectivity index (χ2v) is 7.86. The van der Waals surface area contributed by atoms with Gasteiger partial charge in [0.2, 0.25) is 5.91 Å². The number of β-amino-alcohol motifs (C(OH)–C–C–N with tert-alkyl or cyclic N) is 1. The maximum absolute atomic E-state index is 12.3. The summed E-state index contributed by atoms with van der Waals surface area (Å²) in [7, 11) is 0. The fourth-order valence-electron chi connectivity index (χ4n) is 3.00. The van der Waals surface area contributed by atoms with Crippen molar-refractivity contribution in [2.45, 2.75) is 51.9 Å². The van der Waals surface area contributed by atoms with Crippen molar-refractivity contribution in [1.82, 2.24) is 10.2 Å². The van der Waals surface area contributed by atoms with Crippen molar-refractivity contribution in [2.24, 2.45) is 5.92 Å². The average Bonchev–Trinajstić information content (AvgIpc) is 2.59. The van der Waals surface area contributed by atoms with Crippen LogP contribution in [0.1, 0.15) is 39.2 Å². The van der Waals surface area contributed by atoms with E-state index in [1.54, 1.807) is 0 Å². The molecule has 1 fully saturated rings. The minimum absolute atomic E-state index is 0.0722. The number of aliphatic hydroxyl groups is 1. The lowest BCUT2D eigenvalue weighted by atomic mass is 9.95. The van der Waals surface area contributed by atoms with Gasteiger partial charge in [0.15, 0.2) is 0 Å². The van der Waals surface area contributed by atoms with Gasteiger partial charge in [-0.1, -0.05) is 30.3 Å². The molecule has 1 aliphatic rings. The van der Waals surface area contributed by atoms with Crippen molar-refractivity contribution in [3.05, 3.63) is 35.9 Å². The number of carbonyl (C=O) groups excluding carboxylic acids is 1. The Labute approximate surface area is 151 Å². The molecule has 140 valence electrons. The van der Waals surface area contributed by atoms with E-state index in [0.29, 0.717) is 19.7 Å². The van der Waals surface area contributed by atoms with E-state index in [9.17, 15) is 9.90 Å². The zero-order valence-electron chi connectivity index (χ0n) is 15.7. The summed E-state index contributed by atoms with van der Waals surface area (Å²) in [5.74, 6) is 0.211. The van der Waals surface area contributed by atoms with Gasteiger partial charge < -0.3 is 20.1 Å². The van der Waals surface area contributed by atoms with Crippen molar-refractivity contribution < 1.29 is 14.6 Å². The minimum Gasteiger partial charge on any atom is -0.389 e. The highest BCUT2D eigenvalue weighted by Gasteiger charge is 2.26. The molecule has 0 aliphatic carbocycles. The lowest BCUT2D eigenvalue weighted by Gasteiger charge is -2.33. The number of amides is 1. The van der Waals surface area contributed by atoms with Gasteiger partial charge in [-0.3, -0.25) is 4.79 Å². The number of carbonyl (C=O) groups is 1. The highest BCUT2D eigenvalue weighted by molar-refractivity contribution is 5.78. The molecule has 0 saturated carbocycles. The van der Waals surface area contributed by atoms with Gasteiger partial charge in [0.1, 0.15) is 0 Å². The largest absolute Gasteiger partial charge is 0.389 e. The van der Waals surface area contributed by atoms with Crippen LogP contribution in [-0.2, 0) is 16.1 Å². The van der Waals surface area contributed by atoms with Crippen molar-refractivity contribution in [2.75, 3.05) is 26.2 Å². The highest BCUT2D eigenvalue weighted by atomic mass is 16.5. The molecule has 1 unspecified atom stereocenters. The van der Waals surface area contributed by atoms with Crippen LogP contribution in [-0.4, -0.2) is 53.9 Å². The van der Waals surface area contributed by atoms with Crippen LogP contribution in [0.25, 0.3) is 0 Å². The predicted molar refractivity (Wildman–Crippen MR) is 99.2 cm³/mol. The van der Waals surface area contributed by atoms with Crippen molar-refractivity contribution >= 4 is 5.91 Å². The Morgan fingerprint density at radius 1 is 1.28 bits per heavy atom. The number of ether oxygens (including phenoxy) is 1. The summed E-state index contributed by atoms with van der Waals surface area (Å²) < 4.78 is 5.63. The number of benzene rings is 1. The van der Waals surface area contributed by atoms with E-state index in [2.05, 4.69) is 10.2 Å². The van der Waals surface area contributed by atoms with Gasteiger partial charge in [0, 0.05) is 19.0 Å².